The summed E-state index contributed by atoms with van der Waals surface area (Å²) < 4.78 is 0. The molecule has 84 valence electrons. The van der Waals surface area contributed by atoms with Crippen LogP contribution in [0, 0.1) is 6.92 Å². The van der Waals surface area contributed by atoms with E-state index in [1.807, 2.05) is 32.0 Å². The fraction of sp³-hybridized carbons (Fsp3) is 0.333. The average Bonchev–Trinajstić information content (AvgIpc) is 2.53. The minimum absolute atomic E-state index is 0.155. The van der Waals surface area contributed by atoms with Gasteiger partial charge in [-0.05, 0) is 31.5 Å². The molecule has 1 saturated heterocycles. The van der Waals surface area contributed by atoms with Crippen LogP contribution in [0.25, 0.3) is 0 Å². The lowest BCUT2D eigenvalue weighted by molar-refractivity contribution is -0.116. The maximum Gasteiger partial charge on any atom is 0.331 e. The van der Waals surface area contributed by atoms with Crippen LogP contribution in [-0.2, 0) is 4.79 Å². The van der Waals surface area contributed by atoms with Crippen LogP contribution < -0.4 is 4.90 Å². The molecule has 0 aromatic heterocycles. The first-order valence-corrected chi connectivity index (χ1v) is 5.32. The predicted octanol–water partition coefficient (Wildman–Crippen LogP) is 1.78. The maximum atomic E-state index is 11.9. The van der Waals surface area contributed by atoms with Crippen molar-refractivity contribution >= 4 is 17.6 Å². The first kappa shape index (κ1) is 10.7. The molecule has 4 heteroatoms. The lowest BCUT2D eigenvalue weighted by Gasteiger charge is -2.15. The van der Waals surface area contributed by atoms with Crippen LogP contribution in [-0.4, -0.2) is 29.9 Å². The summed E-state index contributed by atoms with van der Waals surface area (Å²) in [6.45, 7) is 4.55. The minimum Gasteiger partial charge on any atom is -0.315 e. The van der Waals surface area contributed by atoms with Gasteiger partial charge in [-0.1, -0.05) is 12.1 Å². The van der Waals surface area contributed by atoms with E-state index in [9.17, 15) is 9.59 Å². The highest BCUT2D eigenvalue weighted by atomic mass is 16.2. The number of nitrogens with zero attached hydrogens (tertiary/aromatic N) is 2. The van der Waals surface area contributed by atoms with Gasteiger partial charge < -0.3 is 4.90 Å². The number of hydrogen-bond acceptors (Lipinski definition) is 2. The highest BCUT2D eigenvalue weighted by molar-refractivity contribution is 6.19. The van der Waals surface area contributed by atoms with Gasteiger partial charge in [-0.2, -0.15) is 0 Å². The standard InChI is InChI=1S/C12H14N2O2/c1-3-13-8-11(15)14(12(13)16)10-6-4-5-9(2)7-10/h4-7H,3,8H2,1-2H3. The summed E-state index contributed by atoms with van der Waals surface area (Å²) in [6.07, 6.45) is 0. The number of anilines is 1. The van der Waals surface area contributed by atoms with Crippen LogP contribution in [0.15, 0.2) is 24.3 Å². The Hall–Kier alpha value is -1.84. The molecule has 1 heterocycles. The van der Waals surface area contributed by atoms with Crippen LogP contribution in [0.5, 0.6) is 0 Å². The Labute approximate surface area is 94.5 Å². The Morgan fingerprint density at radius 2 is 2.06 bits per heavy atom. The van der Waals surface area contributed by atoms with Crippen molar-refractivity contribution in [1.82, 2.24) is 4.90 Å². The Balaban J connectivity index is 2.34. The molecule has 0 saturated carbocycles. The Kier molecular flexibility index (Phi) is 2.64. The van der Waals surface area contributed by atoms with E-state index in [4.69, 9.17) is 0 Å². The molecule has 1 fully saturated rings. The second-order valence-corrected chi connectivity index (χ2v) is 3.86. The molecule has 0 spiro atoms. The molecule has 2 rings (SSSR count). The number of benzene rings is 1. The van der Waals surface area contributed by atoms with E-state index in [2.05, 4.69) is 0 Å². The topological polar surface area (TPSA) is 40.6 Å². The molecule has 1 aromatic rings. The van der Waals surface area contributed by atoms with E-state index in [1.165, 1.54) is 9.80 Å². The molecule has 16 heavy (non-hydrogen) atoms. The zero-order chi connectivity index (χ0) is 11.7. The van der Waals surface area contributed by atoms with Gasteiger partial charge in [0.2, 0.25) is 0 Å². The molecule has 4 nitrogen and oxygen atoms in total. The normalized spacial score (nSPS) is 16.1. The lowest BCUT2D eigenvalue weighted by Crippen LogP contribution is -2.32. The van der Waals surface area contributed by atoms with Gasteiger partial charge >= 0.3 is 6.03 Å². The monoisotopic (exact) mass is 218 g/mol. The summed E-state index contributed by atoms with van der Waals surface area (Å²) in [6, 6.07) is 7.18. The van der Waals surface area contributed by atoms with Gasteiger partial charge in [-0.3, -0.25) is 4.79 Å². The number of carbonyl (C=O) groups is 2. The number of carbonyl (C=O) groups excluding carboxylic acids is 2. The first-order chi connectivity index (χ1) is 7.63. The molecule has 1 aliphatic heterocycles. The van der Waals surface area contributed by atoms with E-state index in [-0.39, 0.29) is 18.5 Å². The van der Waals surface area contributed by atoms with Crippen molar-refractivity contribution in [3.63, 3.8) is 0 Å². The van der Waals surface area contributed by atoms with Crippen molar-refractivity contribution < 1.29 is 9.59 Å². The van der Waals surface area contributed by atoms with Crippen LogP contribution in [0.4, 0.5) is 10.5 Å². The van der Waals surface area contributed by atoms with Crippen LogP contribution in [0.2, 0.25) is 0 Å². The number of hydrogen-bond donors (Lipinski definition) is 0. The van der Waals surface area contributed by atoms with E-state index in [0.717, 1.165) is 5.56 Å². The Morgan fingerprint density at radius 1 is 1.31 bits per heavy atom. The first-order valence-electron chi connectivity index (χ1n) is 5.32. The fourth-order valence-corrected chi connectivity index (χ4v) is 1.82. The number of aryl methyl sites for hydroxylation is 1. The predicted molar refractivity (Wildman–Crippen MR) is 61.3 cm³/mol. The van der Waals surface area contributed by atoms with Crippen molar-refractivity contribution in [1.29, 1.82) is 0 Å². The third-order valence-corrected chi connectivity index (χ3v) is 2.68. The third-order valence-electron chi connectivity index (χ3n) is 2.68. The second kappa shape index (κ2) is 3.96. The highest BCUT2D eigenvalue weighted by Crippen LogP contribution is 2.21. The number of amides is 3. The molecule has 1 aliphatic rings. The summed E-state index contributed by atoms with van der Waals surface area (Å²) in [4.78, 5) is 26.4. The maximum absolute atomic E-state index is 11.9. The zero-order valence-electron chi connectivity index (χ0n) is 9.43. The van der Waals surface area contributed by atoms with Crippen LogP contribution in [0.3, 0.4) is 0 Å². The van der Waals surface area contributed by atoms with Gasteiger partial charge in [0, 0.05) is 6.54 Å². The molecule has 0 atom stereocenters. The smallest absolute Gasteiger partial charge is 0.315 e. The van der Waals surface area contributed by atoms with Crippen molar-refractivity contribution in [3.05, 3.63) is 29.8 Å². The van der Waals surface area contributed by atoms with Gasteiger partial charge in [0.05, 0.1) is 5.69 Å². The molecule has 0 aliphatic carbocycles. The van der Waals surface area contributed by atoms with E-state index in [0.29, 0.717) is 12.2 Å². The quantitative estimate of drug-likeness (QED) is 0.710. The molecular weight excluding hydrogens is 204 g/mol. The van der Waals surface area contributed by atoms with E-state index >= 15 is 0 Å². The van der Waals surface area contributed by atoms with Crippen molar-refractivity contribution in [2.75, 3.05) is 18.0 Å². The van der Waals surface area contributed by atoms with Crippen LogP contribution in [0.1, 0.15) is 12.5 Å². The third kappa shape index (κ3) is 1.66. The van der Waals surface area contributed by atoms with Crippen molar-refractivity contribution in [3.8, 4) is 0 Å². The number of imide groups is 1. The lowest BCUT2D eigenvalue weighted by atomic mass is 10.2. The molecule has 0 unspecified atom stereocenters. The molecule has 0 radical (unpaired) electrons. The van der Waals surface area contributed by atoms with Gasteiger partial charge in [0.1, 0.15) is 6.54 Å². The van der Waals surface area contributed by atoms with Gasteiger partial charge in [-0.25, -0.2) is 9.69 Å². The summed E-state index contributed by atoms with van der Waals surface area (Å²) in [7, 11) is 0. The fourth-order valence-electron chi connectivity index (χ4n) is 1.82. The second-order valence-electron chi connectivity index (χ2n) is 3.86. The van der Waals surface area contributed by atoms with E-state index in [1.54, 1.807) is 6.07 Å². The molecule has 3 amide bonds. The van der Waals surface area contributed by atoms with Crippen LogP contribution >= 0.6 is 0 Å². The minimum atomic E-state index is -0.224. The van der Waals surface area contributed by atoms with E-state index < -0.39 is 0 Å². The van der Waals surface area contributed by atoms with Gasteiger partial charge in [0.15, 0.2) is 0 Å². The summed E-state index contributed by atoms with van der Waals surface area (Å²) >= 11 is 0. The summed E-state index contributed by atoms with van der Waals surface area (Å²) in [5, 5.41) is 0. The molecular formula is C12H14N2O2. The Bertz CT molecular complexity index is 442. The number of urea groups is 1. The van der Waals surface area contributed by atoms with Crippen molar-refractivity contribution in [2.24, 2.45) is 0 Å². The number of rotatable bonds is 2. The number of likely N-dealkylation sites (N-methyl/N-ethyl adjacent to an activating group) is 1. The van der Waals surface area contributed by atoms with Gasteiger partial charge in [0.25, 0.3) is 5.91 Å². The largest absolute Gasteiger partial charge is 0.331 e. The molecule has 0 bridgehead atoms. The highest BCUT2D eigenvalue weighted by Gasteiger charge is 2.35. The van der Waals surface area contributed by atoms with Crippen molar-refractivity contribution in [2.45, 2.75) is 13.8 Å². The summed E-state index contributed by atoms with van der Waals surface area (Å²) in [5.41, 5.74) is 1.69. The van der Waals surface area contributed by atoms with Gasteiger partial charge in [-0.15, -0.1) is 0 Å². The zero-order valence-corrected chi connectivity index (χ0v) is 9.43. The SMILES string of the molecule is CCN1CC(=O)N(c2cccc(C)c2)C1=O. The molecule has 0 N–H and O–H groups in total. The molecule has 1 aromatic carbocycles. The Morgan fingerprint density at radius 3 is 2.62 bits per heavy atom. The average molecular weight is 218 g/mol. The summed E-state index contributed by atoms with van der Waals surface area (Å²) in [5.74, 6) is -0.155.